The molecule has 2 rings (SSSR count). The van der Waals surface area contributed by atoms with Crippen LogP contribution in [0.5, 0.6) is 0 Å². The number of aryl methyl sites for hydroxylation is 1. The molecule has 0 aliphatic carbocycles. The average Bonchev–Trinajstić information content (AvgIpc) is 2.31. The highest BCUT2D eigenvalue weighted by atomic mass is 79.9. The lowest BCUT2D eigenvalue weighted by molar-refractivity contribution is 0.219. The zero-order valence-corrected chi connectivity index (χ0v) is 12.0. The van der Waals surface area contributed by atoms with Crippen LogP contribution in [-0.4, -0.2) is 5.11 Å². The molecular formula is C14H11BrClFO. The summed E-state index contributed by atoms with van der Waals surface area (Å²) >= 11 is 9.41. The highest BCUT2D eigenvalue weighted by Gasteiger charge is 2.16. The van der Waals surface area contributed by atoms with Gasteiger partial charge in [0.25, 0.3) is 0 Å². The summed E-state index contributed by atoms with van der Waals surface area (Å²) in [6, 6.07) is 9.57. The van der Waals surface area contributed by atoms with Gasteiger partial charge in [0.2, 0.25) is 0 Å². The van der Waals surface area contributed by atoms with E-state index in [0.717, 1.165) is 4.47 Å². The second kappa shape index (κ2) is 5.39. The van der Waals surface area contributed by atoms with Crippen LogP contribution in [0.25, 0.3) is 0 Å². The molecule has 0 saturated carbocycles. The van der Waals surface area contributed by atoms with Crippen molar-refractivity contribution in [2.45, 2.75) is 13.0 Å². The molecule has 0 spiro atoms. The Balaban J connectivity index is 2.47. The smallest absolute Gasteiger partial charge is 0.123 e. The van der Waals surface area contributed by atoms with Gasteiger partial charge in [-0.1, -0.05) is 33.6 Å². The summed E-state index contributed by atoms with van der Waals surface area (Å²) in [7, 11) is 0. The van der Waals surface area contributed by atoms with Crippen LogP contribution in [0.4, 0.5) is 4.39 Å². The number of hydrogen-bond donors (Lipinski definition) is 1. The maximum absolute atomic E-state index is 13.0. The second-order valence-electron chi connectivity index (χ2n) is 4.07. The van der Waals surface area contributed by atoms with E-state index in [2.05, 4.69) is 15.9 Å². The van der Waals surface area contributed by atoms with Gasteiger partial charge in [-0.15, -0.1) is 0 Å². The number of rotatable bonds is 2. The highest BCUT2D eigenvalue weighted by molar-refractivity contribution is 9.10. The molecular weight excluding hydrogens is 319 g/mol. The van der Waals surface area contributed by atoms with Crippen LogP contribution < -0.4 is 0 Å². The molecule has 0 amide bonds. The molecule has 2 aromatic carbocycles. The summed E-state index contributed by atoms with van der Waals surface area (Å²) in [6.45, 7) is 1.76. The average molecular weight is 330 g/mol. The Morgan fingerprint density at radius 3 is 2.56 bits per heavy atom. The van der Waals surface area contributed by atoms with E-state index < -0.39 is 6.10 Å². The van der Waals surface area contributed by atoms with E-state index in [9.17, 15) is 9.50 Å². The number of benzene rings is 2. The molecule has 0 bridgehead atoms. The predicted octanol–water partition coefficient (Wildman–Crippen LogP) is 4.63. The monoisotopic (exact) mass is 328 g/mol. The first-order valence-corrected chi connectivity index (χ1v) is 6.55. The topological polar surface area (TPSA) is 20.2 Å². The molecule has 1 nitrogen and oxygen atoms in total. The highest BCUT2D eigenvalue weighted by Crippen LogP contribution is 2.32. The molecule has 0 aliphatic heterocycles. The van der Waals surface area contributed by atoms with Crippen molar-refractivity contribution in [1.29, 1.82) is 0 Å². The summed E-state index contributed by atoms with van der Waals surface area (Å²) in [4.78, 5) is 0. The molecule has 18 heavy (non-hydrogen) atoms. The minimum absolute atomic E-state index is 0.316. The van der Waals surface area contributed by atoms with E-state index in [4.69, 9.17) is 11.6 Å². The van der Waals surface area contributed by atoms with Crippen molar-refractivity contribution in [1.82, 2.24) is 0 Å². The Morgan fingerprint density at radius 1 is 1.17 bits per heavy atom. The van der Waals surface area contributed by atoms with E-state index >= 15 is 0 Å². The minimum Gasteiger partial charge on any atom is -0.384 e. The van der Waals surface area contributed by atoms with Crippen molar-refractivity contribution < 1.29 is 9.50 Å². The van der Waals surface area contributed by atoms with Gasteiger partial charge in [0, 0.05) is 15.1 Å². The van der Waals surface area contributed by atoms with E-state index in [1.165, 1.54) is 12.1 Å². The first-order chi connectivity index (χ1) is 8.49. The van der Waals surface area contributed by atoms with E-state index in [-0.39, 0.29) is 5.82 Å². The first kappa shape index (κ1) is 13.5. The lowest BCUT2D eigenvalue weighted by Gasteiger charge is -2.16. The maximum atomic E-state index is 13.0. The number of halogens is 3. The van der Waals surface area contributed by atoms with Gasteiger partial charge in [-0.25, -0.2) is 4.39 Å². The molecule has 0 saturated heterocycles. The standard InChI is InChI=1S/C14H11BrClFO/c1-8-6-10(17)3-4-11(8)14(18)12-7-9(15)2-5-13(12)16/h2-7,14,18H,1H3. The number of hydrogen-bond acceptors (Lipinski definition) is 1. The van der Waals surface area contributed by atoms with Crippen LogP contribution in [0.1, 0.15) is 22.8 Å². The van der Waals surface area contributed by atoms with Gasteiger partial charge < -0.3 is 5.11 Å². The largest absolute Gasteiger partial charge is 0.384 e. The number of aliphatic hydroxyl groups excluding tert-OH is 1. The summed E-state index contributed by atoms with van der Waals surface area (Å²) in [5.74, 6) is -0.316. The van der Waals surface area contributed by atoms with Gasteiger partial charge >= 0.3 is 0 Å². The molecule has 0 heterocycles. The van der Waals surface area contributed by atoms with Crippen molar-refractivity contribution in [3.05, 3.63) is 68.4 Å². The molecule has 4 heteroatoms. The van der Waals surface area contributed by atoms with Gasteiger partial charge in [-0.3, -0.25) is 0 Å². The van der Waals surface area contributed by atoms with Crippen LogP contribution in [0.15, 0.2) is 40.9 Å². The third kappa shape index (κ3) is 2.74. The third-order valence-electron chi connectivity index (χ3n) is 2.78. The van der Waals surface area contributed by atoms with Crippen LogP contribution in [0, 0.1) is 12.7 Å². The Labute approximate surface area is 118 Å². The Bertz CT molecular complexity index is 586. The van der Waals surface area contributed by atoms with Crippen LogP contribution in [-0.2, 0) is 0 Å². The van der Waals surface area contributed by atoms with Crippen LogP contribution >= 0.6 is 27.5 Å². The molecule has 0 aromatic heterocycles. The van der Waals surface area contributed by atoms with Crippen molar-refractivity contribution >= 4 is 27.5 Å². The zero-order chi connectivity index (χ0) is 13.3. The second-order valence-corrected chi connectivity index (χ2v) is 5.39. The Hall–Kier alpha value is -0.900. The predicted molar refractivity (Wildman–Crippen MR) is 74.4 cm³/mol. The van der Waals surface area contributed by atoms with Gasteiger partial charge in [-0.2, -0.15) is 0 Å². The molecule has 0 fully saturated rings. The zero-order valence-electron chi connectivity index (χ0n) is 9.62. The van der Waals surface area contributed by atoms with Gasteiger partial charge in [0.1, 0.15) is 11.9 Å². The van der Waals surface area contributed by atoms with Crippen molar-refractivity contribution in [3.8, 4) is 0 Å². The SMILES string of the molecule is Cc1cc(F)ccc1C(O)c1cc(Br)ccc1Cl. The third-order valence-corrected chi connectivity index (χ3v) is 3.62. The molecule has 0 radical (unpaired) electrons. The van der Waals surface area contributed by atoms with Gasteiger partial charge in [0.05, 0.1) is 0 Å². The molecule has 2 aromatic rings. The molecule has 1 N–H and O–H groups in total. The fraction of sp³-hybridized carbons (Fsp3) is 0.143. The molecule has 1 unspecified atom stereocenters. The summed E-state index contributed by atoms with van der Waals surface area (Å²) in [5.41, 5.74) is 1.94. The summed E-state index contributed by atoms with van der Waals surface area (Å²) in [6.07, 6.45) is -0.865. The van der Waals surface area contributed by atoms with E-state index in [1.807, 2.05) is 0 Å². The summed E-state index contributed by atoms with van der Waals surface area (Å²) in [5, 5.41) is 10.8. The minimum atomic E-state index is -0.865. The summed E-state index contributed by atoms with van der Waals surface area (Å²) < 4.78 is 13.9. The number of aliphatic hydroxyl groups is 1. The van der Waals surface area contributed by atoms with E-state index in [0.29, 0.717) is 21.7 Å². The fourth-order valence-electron chi connectivity index (χ4n) is 1.84. The Morgan fingerprint density at radius 2 is 1.89 bits per heavy atom. The first-order valence-electron chi connectivity index (χ1n) is 5.38. The molecule has 1 atom stereocenters. The van der Waals surface area contributed by atoms with Gasteiger partial charge in [-0.05, 0) is 48.4 Å². The van der Waals surface area contributed by atoms with Crippen LogP contribution in [0.3, 0.4) is 0 Å². The van der Waals surface area contributed by atoms with Crippen molar-refractivity contribution in [2.75, 3.05) is 0 Å². The van der Waals surface area contributed by atoms with Gasteiger partial charge in [0.15, 0.2) is 0 Å². The van der Waals surface area contributed by atoms with Crippen molar-refractivity contribution in [3.63, 3.8) is 0 Å². The quantitative estimate of drug-likeness (QED) is 0.851. The normalized spacial score (nSPS) is 12.5. The van der Waals surface area contributed by atoms with Crippen molar-refractivity contribution in [2.24, 2.45) is 0 Å². The Kier molecular flexibility index (Phi) is 4.05. The lowest BCUT2D eigenvalue weighted by atomic mass is 9.97. The fourth-order valence-corrected chi connectivity index (χ4v) is 2.44. The maximum Gasteiger partial charge on any atom is 0.123 e. The lowest BCUT2D eigenvalue weighted by Crippen LogP contribution is -2.03. The van der Waals surface area contributed by atoms with Crippen LogP contribution in [0.2, 0.25) is 5.02 Å². The van der Waals surface area contributed by atoms with E-state index in [1.54, 1.807) is 31.2 Å². The molecule has 94 valence electrons. The molecule has 0 aliphatic rings.